The van der Waals surface area contributed by atoms with E-state index in [9.17, 15) is 4.39 Å². The van der Waals surface area contributed by atoms with Gasteiger partial charge in [-0.3, -0.25) is 4.99 Å². The van der Waals surface area contributed by atoms with Crippen molar-refractivity contribution >= 4 is 5.96 Å². The minimum absolute atomic E-state index is 0.266. The quantitative estimate of drug-likeness (QED) is 0.531. The predicted molar refractivity (Wildman–Crippen MR) is 115 cm³/mol. The molecule has 30 heavy (non-hydrogen) atoms. The number of likely N-dealkylation sites (tertiary alicyclic amines) is 1. The van der Waals surface area contributed by atoms with Crippen molar-refractivity contribution in [3.8, 4) is 5.69 Å². The van der Waals surface area contributed by atoms with E-state index in [1.807, 2.05) is 31.7 Å². The number of nitrogens with zero attached hydrogens (tertiary/aromatic N) is 6. The van der Waals surface area contributed by atoms with E-state index < -0.39 is 0 Å². The highest BCUT2D eigenvalue weighted by atomic mass is 19.1. The molecule has 2 atom stereocenters. The summed E-state index contributed by atoms with van der Waals surface area (Å²) in [5.74, 6) is 1.90. The van der Waals surface area contributed by atoms with Crippen LogP contribution in [-0.4, -0.2) is 50.1 Å². The lowest BCUT2D eigenvalue weighted by Crippen LogP contribution is -2.48. The average Bonchev–Trinajstić information content (AvgIpc) is 3.42. The summed E-state index contributed by atoms with van der Waals surface area (Å²) in [6.45, 7) is 6.46. The normalized spacial score (nSPS) is 19.9. The van der Waals surface area contributed by atoms with Crippen molar-refractivity contribution in [1.29, 1.82) is 0 Å². The number of imidazole rings is 2. The first-order valence-electron chi connectivity index (χ1n) is 10.3. The maximum absolute atomic E-state index is 14.7. The van der Waals surface area contributed by atoms with Gasteiger partial charge in [0.15, 0.2) is 5.96 Å². The minimum atomic E-state index is -0.266. The molecule has 0 amide bonds. The van der Waals surface area contributed by atoms with Gasteiger partial charge in [0.1, 0.15) is 11.6 Å². The standard InChI is InChI=1S/C22H28FN7/c1-16-6-9-28(14-21(16)29-10-7-25-15-29)22(24-3)27-13-18-4-5-20(19(23)12-18)30-11-8-26-17(30)2/h4-5,7-8,10-12,15-16,21H,6,9,13-14H2,1-3H3,(H,24,27). The van der Waals surface area contributed by atoms with E-state index in [-0.39, 0.29) is 5.82 Å². The van der Waals surface area contributed by atoms with E-state index in [0.29, 0.717) is 24.2 Å². The van der Waals surface area contributed by atoms with Crippen LogP contribution in [0.2, 0.25) is 0 Å². The summed E-state index contributed by atoms with van der Waals surface area (Å²) in [5, 5.41) is 3.39. The molecule has 1 saturated heterocycles. The molecule has 0 spiro atoms. The third kappa shape index (κ3) is 4.08. The first kappa shape index (κ1) is 20.1. The summed E-state index contributed by atoms with van der Waals surface area (Å²) >= 11 is 0. The number of guanidine groups is 1. The van der Waals surface area contributed by atoms with Crippen LogP contribution in [0.5, 0.6) is 0 Å². The third-order valence-corrected chi connectivity index (χ3v) is 5.89. The number of rotatable bonds is 4. The van der Waals surface area contributed by atoms with Crippen LogP contribution in [0.1, 0.15) is 30.8 Å². The minimum Gasteiger partial charge on any atom is -0.352 e. The number of piperidine rings is 1. The lowest BCUT2D eigenvalue weighted by atomic mass is 9.93. The molecule has 1 fully saturated rings. The van der Waals surface area contributed by atoms with Crippen LogP contribution in [0.4, 0.5) is 4.39 Å². The Morgan fingerprint density at radius 2 is 2.17 bits per heavy atom. The summed E-state index contributed by atoms with van der Waals surface area (Å²) in [6, 6.07) is 5.66. The number of halogens is 1. The monoisotopic (exact) mass is 409 g/mol. The Balaban J connectivity index is 1.42. The van der Waals surface area contributed by atoms with E-state index in [0.717, 1.165) is 36.9 Å². The second kappa shape index (κ2) is 8.69. The number of hydrogen-bond donors (Lipinski definition) is 1. The van der Waals surface area contributed by atoms with Crippen LogP contribution >= 0.6 is 0 Å². The van der Waals surface area contributed by atoms with Gasteiger partial charge in [-0.2, -0.15) is 0 Å². The van der Waals surface area contributed by atoms with Gasteiger partial charge in [-0.15, -0.1) is 0 Å². The van der Waals surface area contributed by atoms with Crippen molar-refractivity contribution < 1.29 is 4.39 Å². The zero-order chi connectivity index (χ0) is 21.1. The summed E-state index contributed by atoms with van der Waals surface area (Å²) in [6.07, 6.45) is 10.2. The zero-order valence-corrected chi connectivity index (χ0v) is 17.7. The van der Waals surface area contributed by atoms with Gasteiger partial charge in [0, 0.05) is 51.5 Å². The van der Waals surface area contributed by atoms with Crippen LogP contribution in [0.25, 0.3) is 5.69 Å². The molecule has 1 aliphatic heterocycles. The largest absolute Gasteiger partial charge is 0.352 e. The van der Waals surface area contributed by atoms with Gasteiger partial charge >= 0.3 is 0 Å². The van der Waals surface area contributed by atoms with Crippen LogP contribution in [0, 0.1) is 18.7 Å². The van der Waals surface area contributed by atoms with Gasteiger partial charge in [0.05, 0.1) is 18.1 Å². The molecule has 8 heteroatoms. The molecule has 2 aromatic heterocycles. The molecule has 1 aliphatic rings. The molecule has 0 radical (unpaired) electrons. The SMILES string of the molecule is CN=C(NCc1ccc(-n2ccnc2C)c(F)c1)N1CCC(C)C(n2ccnc2)C1. The molecule has 3 heterocycles. The Hall–Kier alpha value is -3.16. The van der Waals surface area contributed by atoms with Gasteiger partial charge in [0.25, 0.3) is 0 Å². The van der Waals surface area contributed by atoms with Crippen LogP contribution in [0.15, 0.2) is 54.3 Å². The Morgan fingerprint density at radius 3 is 2.83 bits per heavy atom. The molecule has 0 aliphatic carbocycles. The molecule has 3 aromatic rings. The van der Waals surface area contributed by atoms with Crippen molar-refractivity contribution in [2.24, 2.45) is 10.9 Å². The molecule has 158 valence electrons. The van der Waals surface area contributed by atoms with Crippen molar-refractivity contribution in [2.45, 2.75) is 32.9 Å². The topological polar surface area (TPSA) is 63.3 Å². The zero-order valence-electron chi connectivity index (χ0n) is 17.7. The molecule has 1 aromatic carbocycles. The highest BCUT2D eigenvalue weighted by Crippen LogP contribution is 2.27. The molecule has 2 unspecified atom stereocenters. The van der Waals surface area contributed by atoms with Crippen molar-refractivity contribution in [3.63, 3.8) is 0 Å². The van der Waals surface area contributed by atoms with Gasteiger partial charge < -0.3 is 19.4 Å². The van der Waals surface area contributed by atoms with Gasteiger partial charge in [0.2, 0.25) is 0 Å². The van der Waals surface area contributed by atoms with Gasteiger partial charge in [-0.1, -0.05) is 13.0 Å². The van der Waals surface area contributed by atoms with Gasteiger partial charge in [-0.25, -0.2) is 14.4 Å². The molecule has 4 rings (SSSR count). The molecule has 0 saturated carbocycles. The molecule has 0 bridgehead atoms. The maximum Gasteiger partial charge on any atom is 0.193 e. The number of aryl methyl sites for hydroxylation is 1. The lowest BCUT2D eigenvalue weighted by molar-refractivity contribution is 0.189. The average molecular weight is 410 g/mol. The lowest BCUT2D eigenvalue weighted by Gasteiger charge is -2.39. The first-order chi connectivity index (χ1) is 14.6. The Morgan fingerprint density at radius 1 is 1.30 bits per heavy atom. The second-order valence-electron chi connectivity index (χ2n) is 7.82. The first-order valence-corrected chi connectivity index (χ1v) is 10.3. The molecule has 1 N–H and O–H groups in total. The Kier molecular flexibility index (Phi) is 5.83. The smallest absolute Gasteiger partial charge is 0.193 e. The molecular formula is C22H28FN7. The van der Waals surface area contributed by atoms with Crippen LogP contribution in [-0.2, 0) is 6.54 Å². The highest BCUT2D eigenvalue weighted by molar-refractivity contribution is 5.80. The summed E-state index contributed by atoms with van der Waals surface area (Å²) in [5.41, 5.74) is 1.37. The summed E-state index contributed by atoms with van der Waals surface area (Å²) < 4.78 is 18.6. The fourth-order valence-electron chi connectivity index (χ4n) is 4.10. The fourth-order valence-corrected chi connectivity index (χ4v) is 4.10. The molecule has 7 nitrogen and oxygen atoms in total. The van der Waals surface area contributed by atoms with Crippen LogP contribution in [0.3, 0.4) is 0 Å². The van der Waals surface area contributed by atoms with Gasteiger partial charge in [-0.05, 0) is 37.0 Å². The summed E-state index contributed by atoms with van der Waals surface area (Å²) in [7, 11) is 1.79. The van der Waals surface area contributed by atoms with Crippen LogP contribution < -0.4 is 5.32 Å². The van der Waals surface area contributed by atoms with E-state index in [4.69, 9.17) is 0 Å². The number of hydrogen-bond acceptors (Lipinski definition) is 3. The number of aliphatic imine (C=N–C) groups is 1. The van der Waals surface area contributed by atoms with E-state index in [1.54, 1.807) is 36.1 Å². The van der Waals surface area contributed by atoms with E-state index in [1.165, 1.54) is 0 Å². The predicted octanol–water partition coefficient (Wildman–Crippen LogP) is 3.17. The molecular weight excluding hydrogens is 381 g/mol. The number of nitrogens with one attached hydrogen (secondary N) is 1. The van der Waals surface area contributed by atoms with Crippen molar-refractivity contribution in [2.75, 3.05) is 20.1 Å². The summed E-state index contributed by atoms with van der Waals surface area (Å²) in [4.78, 5) is 15.1. The van der Waals surface area contributed by atoms with E-state index >= 15 is 0 Å². The Bertz CT molecular complexity index is 1010. The highest BCUT2D eigenvalue weighted by Gasteiger charge is 2.28. The maximum atomic E-state index is 14.7. The van der Waals surface area contributed by atoms with E-state index in [2.05, 4.69) is 36.7 Å². The van der Waals surface area contributed by atoms with Crippen molar-refractivity contribution in [3.05, 3.63) is 66.5 Å². The fraction of sp³-hybridized carbons (Fsp3) is 0.409. The van der Waals surface area contributed by atoms with Crippen molar-refractivity contribution in [1.82, 2.24) is 29.3 Å². The third-order valence-electron chi connectivity index (χ3n) is 5.89. The number of aromatic nitrogens is 4. The second-order valence-corrected chi connectivity index (χ2v) is 7.82. The Labute approximate surface area is 176 Å². The number of benzene rings is 1.